The molecule has 1 aliphatic heterocycles. The normalized spacial score (nSPS) is 14.6. The maximum absolute atomic E-state index is 12.9. The Morgan fingerprint density at radius 2 is 1.95 bits per heavy atom. The summed E-state index contributed by atoms with van der Waals surface area (Å²) >= 11 is 0. The van der Waals surface area contributed by atoms with E-state index in [-0.39, 0.29) is 18.1 Å². The second kappa shape index (κ2) is 5.14. The molecule has 1 aromatic carbocycles. The first-order chi connectivity index (χ1) is 10.4. The van der Waals surface area contributed by atoms with E-state index in [1.54, 1.807) is 0 Å². The molecule has 0 radical (unpaired) electrons. The molecule has 0 saturated heterocycles. The molecule has 0 spiro atoms. The summed E-state index contributed by atoms with van der Waals surface area (Å²) < 4.78 is 40.0. The number of fused-ring (bicyclic) bond motifs is 1. The number of carbonyl (C=O) groups excluding carboxylic acids is 1. The molecule has 3 rings (SSSR count). The van der Waals surface area contributed by atoms with Crippen LogP contribution in [0, 0.1) is 0 Å². The predicted molar refractivity (Wildman–Crippen MR) is 68.9 cm³/mol. The molecule has 6 nitrogen and oxygen atoms in total. The summed E-state index contributed by atoms with van der Waals surface area (Å²) in [5, 5.41) is 0. The van der Waals surface area contributed by atoms with Gasteiger partial charge < -0.3 is 14.2 Å². The number of aromatic nitrogens is 1. The lowest BCUT2D eigenvalue weighted by Gasteiger charge is -2.06. The van der Waals surface area contributed by atoms with Gasteiger partial charge in [0.05, 0.1) is 0 Å². The van der Waals surface area contributed by atoms with Crippen molar-refractivity contribution in [2.45, 2.75) is 12.9 Å². The van der Waals surface area contributed by atoms with E-state index in [9.17, 15) is 18.4 Å². The number of benzene rings is 1. The smallest absolute Gasteiger partial charge is 0.444 e. The Hall–Kier alpha value is -2.90. The molecule has 22 heavy (non-hydrogen) atoms. The van der Waals surface area contributed by atoms with Crippen LogP contribution in [0.3, 0.4) is 0 Å². The fourth-order valence-electron chi connectivity index (χ4n) is 1.88. The van der Waals surface area contributed by atoms with Crippen molar-refractivity contribution in [3.63, 3.8) is 0 Å². The molecular weight excluding hydrogens is 300 g/mol. The molecule has 0 saturated carbocycles. The Morgan fingerprint density at radius 1 is 1.18 bits per heavy atom. The zero-order chi connectivity index (χ0) is 15.7. The lowest BCUT2D eigenvalue weighted by molar-refractivity contribution is -0.286. The van der Waals surface area contributed by atoms with Crippen molar-refractivity contribution >= 4 is 6.09 Å². The van der Waals surface area contributed by atoms with E-state index >= 15 is 0 Å². The number of nitrogens with zero attached hydrogens (tertiary/aromatic N) is 1. The van der Waals surface area contributed by atoms with Crippen molar-refractivity contribution in [2.24, 2.45) is 0 Å². The zero-order valence-electron chi connectivity index (χ0n) is 11.0. The molecule has 0 aliphatic carbocycles. The molecule has 1 aliphatic rings. The number of hydrogen-bond donors (Lipinski definition) is 0. The monoisotopic (exact) mass is 309 g/mol. The van der Waals surface area contributed by atoms with Gasteiger partial charge in [-0.3, -0.25) is 4.79 Å². The highest BCUT2D eigenvalue weighted by molar-refractivity contribution is 5.70. The molecule has 0 unspecified atom stereocenters. The Labute approximate surface area is 122 Å². The van der Waals surface area contributed by atoms with Gasteiger partial charge in [-0.15, -0.1) is 8.78 Å². The summed E-state index contributed by atoms with van der Waals surface area (Å²) in [6.07, 6.45) is -3.30. The first-order valence-electron chi connectivity index (χ1n) is 6.18. The summed E-state index contributed by atoms with van der Waals surface area (Å²) in [6.45, 7) is -0.206. The van der Waals surface area contributed by atoms with Crippen molar-refractivity contribution in [2.75, 3.05) is 0 Å². The summed E-state index contributed by atoms with van der Waals surface area (Å²) in [5.41, 5.74) is -0.116. The SMILES string of the molecule is O=C(OCc1ccc2c(c1)OC(F)(F)O2)n1ccccc1=O. The van der Waals surface area contributed by atoms with E-state index in [4.69, 9.17) is 4.74 Å². The van der Waals surface area contributed by atoms with Gasteiger partial charge in [0, 0.05) is 12.3 Å². The molecule has 8 heteroatoms. The average Bonchev–Trinajstić information content (AvgIpc) is 2.78. The maximum Gasteiger partial charge on any atom is 0.586 e. The molecular formula is C14H9F2NO5. The van der Waals surface area contributed by atoms with Gasteiger partial charge in [-0.25, -0.2) is 9.36 Å². The van der Waals surface area contributed by atoms with E-state index in [0.717, 1.165) is 4.57 Å². The Balaban J connectivity index is 1.70. The Kier molecular flexibility index (Phi) is 3.28. The molecule has 0 bridgehead atoms. The minimum atomic E-state index is -3.70. The van der Waals surface area contributed by atoms with Gasteiger partial charge in [0.25, 0.3) is 5.56 Å². The second-order valence-corrected chi connectivity index (χ2v) is 4.41. The van der Waals surface area contributed by atoms with E-state index < -0.39 is 17.9 Å². The molecule has 0 fully saturated rings. The third-order valence-electron chi connectivity index (χ3n) is 2.85. The van der Waals surface area contributed by atoms with Crippen LogP contribution in [0.4, 0.5) is 13.6 Å². The van der Waals surface area contributed by atoms with Crippen LogP contribution in [0.5, 0.6) is 11.5 Å². The topological polar surface area (TPSA) is 66.8 Å². The third-order valence-corrected chi connectivity index (χ3v) is 2.85. The van der Waals surface area contributed by atoms with E-state index in [2.05, 4.69) is 9.47 Å². The summed E-state index contributed by atoms with van der Waals surface area (Å²) in [6, 6.07) is 8.22. The first-order valence-corrected chi connectivity index (χ1v) is 6.18. The van der Waals surface area contributed by atoms with E-state index in [0.29, 0.717) is 5.56 Å². The van der Waals surface area contributed by atoms with Crippen LogP contribution in [-0.2, 0) is 11.3 Å². The summed E-state index contributed by atoms with van der Waals surface area (Å²) in [4.78, 5) is 23.2. The average molecular weight is 309 g/mol. The highest BCUT2D eigenvalue weighted by Crippen LogP contribution is 2.41. The number of halogens is 2. The quantitative estimate of drug-likeness (QED) is 0.852. The number of carbonyl (C=O) groups is 1. The van der Waals surface area contributed by atoms with Gasteiger partial charge in [0.2, 0.25) is 0 Å². The molecule has 2 aromatic rings. The minimum absolute atomic E-state index is 0.0978. The van der Waals surface area contributed by atoms with Crippen molar-refractivity contribution in [3.05, 3.63) is 58.5 Å². The van der Waals surface area contributed by atoms with Gasteiger partial charge in [-0.1, -0.05) is 12.1 Å². The second-order valence-electron chi connectivity index (χ2n) is 4.41. The van der Waals surface area contributed by atoms with Gasteiger partial charge in [-0.05, 0) is 23.8 Å². The standard InChI is InChI=1S/C14H9F2NO5/c15-14(16)21-10-5-4-9(7-11(10)22-14)8-20-13(19)17-6-2-1-3-12(17)18/h1-7H,8H2. The van der Waals surface area contributed by atoms with Crippen LogP contribution in [0.1, 0.15) is 5.56 Å². The number of ether oxygens (including phenoxy) is 3. The number of rotatable bonds is 2. The summed E-state index contributed by atoms with van der Waals surface area (Å²) in [7, 11) is 0. The van der Waals surface area contributed by atoms with Crippen LogP contribution in [0.25, 0.3) is 0 Å². The van der Waals surface area contributed by atoms with Gasteiger partial charge in [-0.2, -0.15) is 0 Å². The number of alkyl halides is 2. The van der Waals surface area contributed by atoms with Crippen LogP contribution < -0.4 is 15.0 Å². The van der Waals surface area contributed by atoms with Crippen molar-refractivity contribution < 1.29 is 27.8 Å². The number of pyridine rings is 1. The minimum Gasteiger partial charge on any atom is -0.444 e. The summed E-state index contributed by atoms with van der Waals surface area (Å²) in [5.74, 6) is -0.241. The highest BCUT2D eigenvalue weighted by Gasteiger charge is 2.43. The fraction of sp³-hybridized carbons (Fsp3) is 0.143. The van der Waals surface area contributed by atoms with Crippen LogP contribution in [-0.4, -0.2) is 17.0 Å². The van der Waals surface area contributed by atoms with Crippen molar-refractivity contribution in [3.8, 4) is 11.5 Å². The number of hydrogen-bond acceptors (Lipinski definition) is 5. The third kappa shape index (κ3) is 2.76. The van der Waals surface area contributed by atoms with Crippen LogP contribution in [0.2, 0.25) is 0 Å². The van der Waals surface area contributed by atoms with Gasteiger partial charge in [0.1, 0.15) is 6.61 Å². The van der Waals surface area contributed by atoms with Crippen LogP contribution >= 0.6 is 0 Å². The largest absolute Gasteiger partial charge is 0.586 e. The lowest BCUT2D eigenvalue weighted by Crippen LogP contribution is -2.26. The lowest BCUT2D eigenvalue weighted by atomic mass is 10.2. The Morgan fingerprint density at radius 3 is 2.73 bits per heavy atom. The van der Waals surface area contributed by atoms with Crippen LogP contribution in [0.15, 0.2) is 47.4 Å². The molecule has 114 valence electrons. The molecule has 1 aromatic heterocycles. The van der Waals surface area contributed by atoms with Gasteiger partial charge >= 0.3 is 12.4 Å². The fourth-order valence-corrected chi connectivity index (χ4v) is 1.88. The predicted octanol–water partition coefficient (Wildman–Crippen LogP) is 2.35. The van der Waals surface area contributed by atoms with E-state index in [1.807, 2.05) is 0 Å². The molecule has 2 heterocycles. The maximum atomic E-state index is 12.9. The molecule has 0 N–H and O–H groups in total. The molecule has 0 atom stereocenters. The van der Waals surface area contributed by atoms with Crippen molar-refractivity contribution in [1.82, 2.24) is 4.57 Å². The van der Waals surface area contributed by atoms with Gasteiger partial charge in [0.15, 0.2) is 11.5 Å². The molecule has 0 amide bonds. The Bertz CT molecular complexity index is 787. The van der Waals surface area contributed by atoms with E-state index in [1.165, 1.54) is 42.6 Å². The zero-order valence-corrected chi connectivity index (χ0v) is 11.0. The highest BCUT2D eigenvalue weighted by atomic mass is 19.3. The first kappa shape index (κ1) is 14.1. The van der Waals surface area contributed by atoms with Crippen molar-refractivity contribution in [1.29, 1.82) is 0 Å².